The van der Waals surface area contributed by atoms with Crippen molar-refractivity contribution in [2.45, 2.75) is 56.3 Å². The molecular weight excluding hydrogens is 486 g/mol. The maximum Gasteiger partial charge on any atom is 0.251 e. The highest BCUT2D eigenvalue weighted by atomic mass is 16.6. The minimum atomic E-state index is -0.761. The lowest BCUT2D eigenvalue weighted by molar-refractivity contribution is -0.128. The van der Waals surface area contributed by atoms with E-state index in [1.807, 2.05) is 6.07 Å². The summed E-state index contributed by atoms with van der Waals surface area (Å²) in [6.07, 6.45) is 8.09. The summed E-state index contributed by atoms with van der Waals surface area (Å²) in [5.41, 5.74) is 4.50. The standard InChI is InChI=1S/C33H41N3O3/c1-2-20-39-31(38)27-29-32(27)15-7-6-12-24-28(22-10-4-3-5-11-22)35-26-14-13-23(21-25(26)33(24,29)32)30(37)34-16-19-36-17-8-9-18-36/h2-5,10-11,13-14,21,24,27-29,31,35,38H,1,6-9,12,15-20H2,(H,34,37)/t24-,27?,28?,29?,31?,32?,33?/m0/s1. The van der Waals surface area contributed by atoms with Gasteiger partial charge in [-0.3, -0.25) is 4.79 Å². The molecule has 4 fully saturated rings. The summed E-state index contributed by atoms with van der Waals surface area (Å²) < 4.78 is 5.78. The minimum absolute atomic E-state index is 0.0121. The second-order valence-electron chi connectivity index (χ2n) is 12.4. The number of rotatable bonds is 9. The number of carbonyl (C=O) groups excluding carboxylic acids is 1. The zero-order valence-corrected chi connectivity index (χ0v) is 22.8. The van der Waals surface area contributed by atoms with E-state index in [-0.39, 0.29) is 28.7 Å². The van der Waals surface area contributed by atoms with Gasteiger partial charge in [0.15, 0.2) is 6.29 Å². The van der Waals surface area contributed by atoms with E-state index in [9.17, 15) is 9.90 Å². The SMILES string of the molecule is C=CCOC(O)C1C2C13CCCC[C@H]1C(c4ccccc4)Nc4ccc(C(=O)NCCN5CCCC5)cc4C213. The van der Waals surface area contributed by atoms with Gasteiger partial charge >= 0.3 is 0 Å². The van der Waals surface area contributed by atoms with E-state index in [0.717, 1.165) is 43.7 Å². The fourth-order valence-electron chi connectivity index (χ4n) is 9.23. The highest BCUT2D eigenvalue weighted by molar-refractivity contribution is 5.95. The van der Waals surface area contributed by atoms with Crippen molar-refractivity contribution >= 4 is 11.6 Å². The molecule has 3 aliphatic carbocycles. The number of hydrogen-bond acceptors (Lipinski definition) is 5. The van der Waals surface area contributed by atoms with Gasteiger partial charge in [-0.1, -0.05) is 49.2 Å². The van der Waals surface area contributed by atoms with Crippen LogP contribution in [0.1, 0.15) is 66.1 Å². The maximum atomic E-state index is 13.3. The Kier molecular flexibility index (Phi) is 6.33. The number of anilines is 1. The predicted molar refractivity (Wildman–Crippen MR) is 152 cm³/mol. The molecule has 5 aliphatic rings. The van der Waals surface area contributed by atoms with Gasteiger partial charge in [-0.05, 0) is 85.3 Å². The van der Waals surface area contributed by atoms with E-state index in [4.69, 9.17) is 4.74 Å². The van der Waals surface area contributed by atoms with Gasteiger partial charge in [-0.25, -0.2) is 0 Å². The van der Waals surface area contributed by atoms with Gasteiger partial charge in [0, 0.05) is 35.7 Å². The summed E-state index contributed by atoms with van der Waals surface area (Å²) in [5.74, 6) is 0.961. The van der Waals surface area contributed by atoms with E-state index in [2.05, 4.69) is 64.6 Å². The van der Waals surface area contributed by atoms with Crippen LogP contribution in [0.5, 0.6) is 0 Å². The quantitative estimate of drug-likeness (QED) is 0.320. The number of aliphatic hydroxyl groups is 1. The summed E-state index contributed by atoms with van der Waals surface area (Å²) in [6.45, 7) is 8.00. The smallest absolute Gasteiger partial charge is 0.251 e. The van der Waals surface area contributed by atoms with Crippen molar-refractivity contribution in [1.29, 1.82) is 0 Å². The minimum Gasteiger partial charge on any atom is -0.378 e. The predicted octanol–water partition coefficient (Wildman–Crippen LogP) is 4.87. The Balaban J connectivity index is 1.22. The summed E-state index contributed by atoms with van der Waals surface area (Å²) in [7, 11) is 0. The topological polar surface area (TPSA) is 73.8 Å². The van der Waals surface area contributed by atoms with Crippen LogP contribution in [0.4, 0.5) is 5.69 Å². The average molecular weight is 528 g/mol. The number of likely N-dealkylation sites (tertiary alicyclic amines) is 1. The van der Waals surface area contributed by atoms with E-state index in [1.165, 1.54) is 36.8 Å². The van der Waals surface area contributed by atoms with Crippen molar-refractivity contribution in [2.75, 3.05) is 38.1 Å². The molecule has 1 amide bonds. The first-order valence-electron chi connectivity index (χ1n) is 15.0. The summed E-state index contributed by atoms with van der Waals surface area (Å²) in [4.78, 5) is 15.7. The molecule has 0 aromatic heterocycles. The van der Waals surface area contributed by atoms with E-state index in [1.54, 1.807) is 6.08 Å². The lowest BCUT2D eigenvalue weighted by Crippen LogP contribution is -2.46. The molecule has 2 heterocycles. The number of amides is 1. The fourth-order valence-corrected chi connectivity index (χ4v) is 9.23. The first kappa shape index (κ1) is 25.3. The first-order valence-corrected chi connectivity index (χ1v) is 15.0. The second kappa shape index (κ2) is 9.76. The number of nitrogens with one attached hydrogen (secondary N) is 2. The van der Waals surface area contributed by atoms with Gasteiger partial charge in [0.25, 0.3) is 5.91 Å². The highest BCUT2D eigenvalue weighted by Gasteiger charge is 2.98. The van der Waals surface area contributed by atoms with Crippen molar-refractivity contribution in [2.24, 2.45) is 23.2 Å². The van der Waals surface area contributed by atoms with Gasteiger partial charge in [0.05, 0.1) is 12.6 Å². The summed E-state index contributed by atoms with van der Waals surface area (Å²) in [5, 5.41) is 18.1. The molecule has 7 rings (SSSR count). The Morgan fingerprint density at radius 2 is 2.00 bits per heavy atom. The number of aliphatic hydroxyl groups excluding tert-OH is 1. The molecule has 2 aliphatic heterocycles. The van der Waals surface area contributed by atoms with Gasteiger partial charge in [-0.15, -0.1) is 6.58 Å². The lowest BCUT2D eigenvalue weighted by atomic mass is 9.61. The third kappa shape index (κ3) is 3.75. The molecule has 6 unspecified atom stereocenters. The molecule has 1 saturated heterocycles. The van der Waals surface area contributed by atoms with Crippen LogP contribution in [0.15, 0.2) is 61.2 Å². The second-order valence-corrected chi connectivity index (χ2v) is 12.4. The first-order chi connectivity index (χ1) is 19.1. The van der Waals surface area contributed by atoms with Gasteiger partial charge < -0.3 is 25.4 Å². The van der Waals surface area contributed by atoms with Crippen LogP contribution in [0.2, 0.25) is 0 Å². The number of fused-ring (bicyclic) bond motifs is 1. The molecule has 3 N–H and O–H groups in total. The van der Waals surface area contributed by atoms with Crippen molar-refractivity contribution in [3.63, 3.8) is 0 Å². The van der Waals surface area contributed by atoms with Gasteiger partial charge in [0.1, 0.15) is 0 Å². The molecule has 39 heavy (non-hydrogen) atoms. The zero-order valence-electron chi connectivity index (χ0n) is 22.8. The third-order valence-corrected chi connectivity index (χ3v) is 10.7. The lowest BCUT2D eigenvalue weighted by Gasteiger charge is -2.48. The molecule has 6 heteroatoms. The Labute approximate surface area is 231 Å². The molecule has 2 aromatic carbocycles. The van der Waals surface area contributed by atoms with Crippen LogP contribution < -0.4 is 10.6 Å². The molecule has 2 spiro atoms. The molecule has 7 atom stereocenters. The van der Waals surface area contributed by atoms with Crippen LogP contribution in [0.3, 0.4) is 0 Å². The van der Waals surface area contributed by atoms with E-state index < -0.39 is 6.29 Å². The van der Waals surface area contributed by atoms with Crippen molar-refractivity contribution in [3.8, 4) is 0 Å². The largest absolute Gasteiger partial charge is 0.378 e. The number of hydrogen-bond donors (Lipinski definition) is 3. The van der Waals surface area contributed by atoms with Gasteiger partial charge in [0.2, 0.25) is 0 Å². The average Bonchev–Trinajstić information content (AvgIpc) is 3.71. The third-order valence-electron chi connectivity index (χ3n) is 10.7. The van der Waals surface area contributed by atoms with E-state index in [0.29, 0.717) is 25.0 Å². The Morgan fingerprint density at radius 1 is 1.18 bits per heavy atom. The summed E-state index contributed by atoms with van der Waals surface area (Å²) in [6, 6.07) is 17.3. The van der Waals surface area contributed by atoms with Crippen molar-refractivity contribution in [3.05, 3.63) is 77.9 Å². The molecule has 3 saturated carbocycles. The Morgan fingerprint density at radius 3 is 2.79 bits per heavy atom. The number of carbonyl (C=O) groups is 1. The number of nitrogens with zero attached hydrogens (tertiary/aromatic N) is 1. The van der Waals surface area contributed by atoms with E-state index >= 15 is 0 Å². The van der Waals surface area contributed by atoms with Crippen molar-refractivity contribution in [1.82, 2.24) is 10.2 Å². The Hall–Kier alpha value is -2.67. The molecule has 6 nitrogen and oxygen atoms in total. The molecule has 0 radical (unpaired) electrons. The van der Waals surface area contributed by atoms with Crippen LogP contribution in [-0.2, 0) is 10.2 Å². The van der Waals surface area contributed by atoms with Crippen LogP contribution in [0, 0.1) is 23.2 Å². The number of benzene rings is 2. The highest BCUT2D eigenvalue weighted by Crippen LogP contribution is 2.97. The van der Waals surface area contributed by atoms with Crippen LogP contribution >= 0.6 is 0 Å². The molecule has 2 aromatic rings. The Bertz CT molecular complexity index is 1240. The number of ether oxygens (including phenoxy) is 1. The molecular formula is C33H41N3O3. The fraction of sp³-hybridized carbons (Fsp3) is 0.545. The monoisotopic (exact) mass is 527 g/mol. The molecule has 206 valence electrons. The van der Waals surface area contributed by atoms with Crippen LogP contribution in [-0.4, -0.2) is 55.0 Å². The molecule has 0 bridgehead atoms. The van der Waals surface area contributed by atoms with Crippen molar-refractivity contribution < 1.29 is 14.6 Å². The van der Waals surface area contributed by atoms with Gasteiger partial charge in [-0.2, -0.15) is 0 Å². The normalized spacial score (nSPS) is 34.8. The summed E-state index contributed by atoms with van der Waals surface area (Å²) >= 11 is 0. The maximum absolute atomic E-state index is 13.3. The van der Waals surface area contributed by atoms with Crippen LogP contribution in [0.25, 0.3) is 0 Å². The zero-order chi connectivity index (χ0) is 26.6.